The Labute approximate surface area is 121 Å². The van der Waals surface area contributed by atoms with Crippen LogP contribution >= 0.6 is 0 Å². The number of rotatable bonds is 5. The Morgan fingerprint density at radius 1 is 0.789 bits per heavy atom. The first-order chi connectivity index (χ1) is 8.66. The fourth-order valence-corrected chi connectivity index (χ4v) is 3.18. The van der Waals surface area contributed by atoms with Gasteiger partial charge in [-0.1, -0.05) is 87.1 Å². The molecule has 104 valence electrons. The zero-order valence-corrected chi connectivity index (χ0v) is 15.3. The predicted octanol–water partition coefficient (Wildman–Crippen LogP) is 5.55. The van der Waals surface area contributed by atoms with Crippen molar-refractivity contribution in [3.63, 3.8) is 0 Å². The SMILES string of the molecule is C[Si](C)(C)/C=C/Cc1ccc(/C=C/[Si](C)(C)C)cc1. The smallest absolute Gasteiger partial charge is 0.0687 e. The highest BCUT2D eigenvalue weighted by atomic mass is 28.3. The molecule has 0 amide bonds. The molecule has 2 heteroatoms. The molecule has 1 rings (SSSR count). The van der Waals surface area contributed by atoms with Crippen LogP contribution in [0.3, 0.4) is 0 Å². The highest BCUT2D eigenvalue weighted by Gasteiger charge is 2.07. The van der Waals surface area contributed by atoms with E-state index in [0.717, 1.165) is 6.42 Å². The van der Waals surface area contributed by atoms with E-state index < -0.39 is 16.1 Å². The van der Waals surface area contributed by atoms with Gasteiger partial charge in [-0.15, -0.1) is 0 Å². The Morgan fingerprint density at radius 2 is 1.32 bits per heavy atom. The minimum Gasteiger partial charge on any atom is -0.0986 e. The van der Waals surface area contributed by atoms with Crippen LogP contribution in [0, 0.1) is 0 Å². The Hall–Kier alpha value is -0.866. The lowest BCUT2D eigenvalue weighted by Gasteiger charge is -2.09. The topological polar surface area (TPSA) is 0 Å². The summed E-state index contributed by atoms with van der Waals surface area (Å²) in [7, 11) is -2.13. The molecule has 0 unspecified atom stereocenters. The van der Waals surface area contributed by atoms with Crippen LogP contribution in [0.1, 0.15) is 11.1 Å². The summed E-state index contributed by atoms with van der Waals surface area (Å²) in [5.74, 6) is 0. The molecular formula is C17H28Si2. The average Bonchev–Trinajstić information content (AvgIpc) is 2.25. The van der Waals surface area contributed by atoms with Crippen LogP contribution in [0.25, 0.3) is 6.08 Å². The van der Waals surface area contributed by atoms with Gasteiger partial charge in [0.15, 0.2) is 0 Å². The summed E-state index contributed by atoms with van der Waals surface area (Å²) < 4.78 is 0. The Morgan fingerprint density at radius 3 is 1.79 bits per heavy atom. The largest absolute Gasteiger partial charge is 0.0986 e. The normalized spacial score (nSPS) is 13.6. The van der Waals surface area contributed by atoms with Gasteiger partial charge < -0.3 is 0 Å². The Balaban J connectivity index is 2.62. The number of allylic oxidation sites excluding steroid dienone is 1. The van der Waals surface area contributed by atoms with Crippen LogP contribution in [-0.4, -0.2) is 16.1 Å². The maximum Gasteiger partial charge on any atom is 0.0687 e. The van der Waals surface area contributed by atoms with E-state index in [4.69, 9.17) is 0 Å². The Bertz CT molecular complexity index is 440. The lowest BCUT2D eigenvalue weighted by atomic mass is 10.1. The second-order valence-corrected chi connectivity index (χ2v) is 17.5. The van der Waals surface area contributed by atoms with Crippen molar-refractivity contribution >= 4 is 22.2 Å². The van der Waals surface area contributed by atoms with Crippen molar-refractivity contribution in [3.05, 3.63) is 52.9 Å². The van der Waals surface area contributed by atoms with Gasteiger partial charge in [0.05, 0.1) is 16.1 Å². The lowest BCUT2D eigenvalue weighted by Crippen LogP contribution is -2.15. The van der Waals surface area contributed by atoms with Gasteiger partial charge >= 0.3 is 0 Å². The summed E-state index contributed by atoms with van der Waals surface area (Å²) in [6, 6.07) is 8.96. The highest BCUT2D eigenvalue weighted by Crippen LogP contribution is 2.11. The zero-order chi connectivity index (χ0) is 14.5. The van der Waals surface area contributed by atoms with Gasteiger partial charge in [-0.05, 0) is 17.5 Å². The third kappa shape index (κ3) is 8.01. The van der Waals surface area contributed by atoms with Crippen molar-refractivity contribution in [3.8, 4) is 0 Å². The molecule has 0 radical (unpaired) electrons. The Kier molecular flexibility index (Phi) is 5.56. The molecule has 19 heavy (non-hydrogen) atoms. The molecular weight excluding hydrogens is 260 g/mol. The summed E-state index contributed by atoms with van der Waals surface area (Å²) in [6.07, 6.45) is 5.66. The zero-order valence-electron chi connectivity index (χ0n) is 13.3. The van der Waals surface area contributed by atoms with Crippen molar-refractivity contribution in [1.29, 1.82) is 0 Å². The number of benzene rings is 1. The standard InChI is InChI=1S/C17H28Si2/c1-18(2,3)14-7-8-16-9-11-17(12-10-16)13-15-19(4,5)6/h7,9-15H,8H2,1-6H3/b14-7+,15-13+. The van der Waals surface area contributed by atoms with Gasteiger partial charge in [0.25, 0.3) is 0 Å². The quantitative estimate of drug-likeness (QED) is 0.623. The molecule has 0 heterocycles. The van der Waals surface area contributed by atoms with Crippen molar-refractivity contribution in [2.45, 2.75) is 45.7 Å². The maximum absolute atomic E-state index is 2.42. The molecule has 0 aliphatic carbocycles. The highest BCUT2D eigenvalue weighted by molar-refractivity contribution is 6.81. The summed E-state index contributed by atoms with van der Waals surface area (Å²) in [6.45, 7) is 14.2. The summed E-state index contributed by atoms with van der Waals surface area (Å²) in [4.78, 5) is 0. The molecule has 0 aliphatic rings. The van der Waals surface area contributed by atoms with Crippen LogP contribution in [0.2, 0.25) is 39.3 Å². The van der Waals surface area contributed by atoms with E-state index >= 15 is 0 Å². The van der Waals surface area contributed by atoms with Crippen molar-refractivity contribution in [2.75, 3.05) is 0 Å². The monoisotopic (exact) mass is 288 g/mol. The average molecular weight is 289 g/mol. The van der Waals surface area contributed by atoms with Gasteiger partial charge in [-0.2, -0.15) is 0 Å². The van der Waals surface area contributed by atoms with Gasteiger partial charge in [-0.3, -0.25) is 0 Å². The van der Waals surface area contributed by atoms with Crippen molar-refractivity contribution < 1.29 is 0 Å². The van der Waals surface area contributed by atoms with E-state index in [1.807, 2.05) is 0 Å². The first kappa shape index (κ1) is 16.2. The van der Waals surface area contributed by atoms with E-state index in [2.05, 4.69) is 87.1 Å². The molecule has 0 aromatic heterocycles. The minimum absolute atomic E-state index is 1.04. The van der Waals surface area contributed by atoms with E-state index in [1.54, 1.807) is 0 Å². The van der Waals surface area contributed by atoms with Crippen LogP contribution in [0.5, 0.6) is 0 Å². The molecule has 0 atom stereocenters. The van der Waals surface area contributed by atoms with Crippen molar-refractivity contribution in [1.82, 2.24) is 0 Å². The molecule has 0 aliphatic heterocycles. The molecule has 0 spiro atoms. The predicted molar refractivity (Wildman–Crippen MR) is 95.0 cm³/mol. The van der Waals surface area contributed by atoms with Gasteiger partial charge in [0.2, 0.25) is 0 Å². The molecule has 1 aromatic carbocycles. The van der Waals surface area contributed by atoms with E-state index in [1.165, 1.54) is 11.1 Å². The minimum atomic E-state index is -1.08. The van der Waals surface area contributed by atoms with Crippen LogP contribution in [0.4, 0.5) is 0 Å². The van der Waals surface area contributed by atoms with E-state index in [9.17, 15) is 0 Å². The molecule has 0 N–H and O–H groups in total. The number of hydrogen-bond acceptors (Lipinski definition) is 0. The van der Waals surface area contributed by atoms with E-state index in [-0.39, 0.29) is 0 Å². The first-order valence-corrected chi connectivity index (χ1v) is 14.3. The third-order valence-electron chi connectivity index (χ3n) is 2.73. The maximum atomic E-state index is 2.42. The van der Waals surface area contributed by atoms with Crippen molar-refractivity contribution in [2.24, 2.45) is 0 Å². The third-order valence-corrected chi connectivity index (χ3v) is 5.13. The molecule has 0 bridgehead atoms. The molecule has 0 saturated carbocycles. The summed E-state index contributed by atoms with van der Waals surface area (Å²) >= 11 is 0. The van der Waals surface area contributed by atoms with Crippen LogP contribution in [-0.2, 0) is 6.42 Å². The lowest BCUT2D eigenvalue weighted by molar-refractivity contribution is 1.27. The molecule has 0 fully saturated rings. The molecule has 0 saturated heterocycles. The fourth-order valence-electron chi connectivity index (χ4n) is 1.66. The summed E-state index contributed by atoms with van der Waals surface area (Å²) in [5.41, 5.74) is 7.54. The van der Waals surface area contributed by atoms with Gasteiger partial charge in [0.1, 0.15) is 0 Å². The van der Waals surface area contributed by atoms with Gasteiger partial charge in [0, 0.05) is 0 Å². The molecule has 1 aromatic rings. The molecule has 0 nitrogen and oxygen atoms in total. The fraction of sp³-hybridized carbons (Fsp3) is 0.412. The van der Waals surface area contributed by atoms with Crippen LogP contribution in [0.15, 0.2) is 41.7 Å². The number of hydrogen-bond donors (Lipinski definition) is 0. The first-order valence-electron chi connectivity index (χ1n) is 7.12. The van der Waals surface area contributed by atoms with Gasteiger partial charge in [-0.25, -0.2) is 0 Å². The van der Waals surface area contributed by atoms with E-state index in [0.29, 0.717) is 0 Å². The summed E-state index contributed by atoms with van der Waals surface area (Å²) in [5, 5.41) is 0. The second kappa shape index (κ2) is 6.53. The van der Waals surface area contributed by atoms with Crippen LogP contribution < -0.4 is 0 Å². The second-order valence-electron chi connectivity index (χ2n) is 7.41.